The Kier molecular flexibility index (Phi) is 5.72. The molecule has 0 spiro atoms. The lowest BCUT2D eigenvalue weighted by atomic mass is 9.95. The van der Waals surface area contributed by atoms with Crippen molar-refractivity contribution >= 4 is 9.84 Å². The van der Waals surface area contributed by atoms with Crippen molar-refractivity contribution in [3.05, 3.63) is 0 Å². The molecule has 0 aliphatic carbocycles. The molecule has 1 fully saturated rings. The van der Waals surface area contributed by atoms with Gasteiger partial charge in [-0.25, -0.2) is 8.42 Å². The summed E-state index contributed by atoms with van der Waals surface area (Å²) in [6, 6.07) is 0.331. The number of methoxy groups -OCH3 is 1. The molecule has 0 saturated carbocycles. The second-order valence-corrected chi connectivity index (χ2v) is 6.69. The third-order valence-corrected chi connectivity index (χ3v) is 4.96. The van der Waals surface area contributed by atoms with Crippen LogP contribution in [0, 0.1) is 5.92 Å². The molecule has 0 amide bonds. The van der Waals surface area contributed by atoms with Crippen LogP contribution in [-0.4, -0.2) is 46.2 Å². The Morgan fingerprint density at radius 1 is 1.50 bits per heavy atom. The van der Waals surface area contributed by atoms with E-state index in [4.69, 9.17) is 4.74 Å². The van der Waals surface area contributed by atoms with Gasteiger partial charge in [-0.05, 0) is 31.7 Å². The van der Waals surface area contributed by atoms with Gasteiger partial charge < -0.3 is 10.1 Å². The zero-order valence-electron chi connectivity index (χ0n) is 10.2. The molecule has 1 aliphatic heterocycles. The monoisotopic (exact) mass is 249 g/mol. The summed E-state index contributed by atoms with van der Waals surface area (Å²) in [7, 11) is -1.06. The predicted octanol–water partition coefficient (Wildman–Crippen LogP) is 0.826. The molecule has 1 aliphatic rings. The van der Waals surface area contributed by atoms with E-state index in [-0.39, 0.29) is 0 Å². The van der Waals surface area contributed by atoms with Crippen molar-refractivity contribution in [2.75, 3.05) is 31.8 Å². The van der Waals surface area contributed by atoms with Crippen molar-refractivity contribution < 1.29 is 13.2 Å². The molecule has 0 aromatic carbocycles. The van der Waals surface area contributed by atoms with E-state index in [2.05, 4.69) is 12.2 Å². The molecule has 2 atom stereocenters. The van der Waals surface area contributed by atoms with Gasteiger partial charge in [0.2, 0.25) is 0 Å². The average molecular weight is 249 g/mol. The van der Waals surface area contributed by atoms with Crippen LogP contribution in [0.5, 0.6) is 0 Å². The van der Waals surface area contributed by atoms with Gasteiger partial charge >= 0.3 is 0 Å². The van der Waals surface area contributed by atoms with E-state index < -0.39 is 9.84 Å². The van der Waals surface area contributed by atoms with Crippen molar-refractivity contribution in [2.45, 2.75) is 32.2 Å². The molecule has 1 rings (SSSR count). The summed E-state index contributed by atoms with van der Waals surface area (Å²) in [5, 5.41) is 3.40. The molecule has 96 valence electrons. The van der Waals surface area contributed by atoms with Crippen molar-refractivity contribution in [3.63, 3.8) is 0 Å². The fraction of sp³-hybridized carbons (Fsp3) is 1.00. The first kappa shape index (κ1) is 13.9. The first-order chi connectivity index (χ1) is 7.59. The zero-order valence-corrected chi connectivity index (χ0v) is 11.1. The molecule has 2 unspecified atom stereocenters. The lowest BCUT2D eigenvalue weighted by Gasteiger charge is -2.23. The van der Waals surface area contributed by atoms with Gasteiger partial charge in [-0.3, -0.25) is 0 Å². The quantitative estimate of drug-likeness (QED) is 0.679. The Labute approximate surface area is 98.7 Å². The number of ether oxygens (including phenoxy) is 1. The van der Waals surface area contributed by atoms with E-state index in [1.165, 1.54) is 0 Å². The lowest BCUT2D eigenvalue weighted by Crippen LogP contribution is -2.37. The van der Waals surface area contributed by atoms with Crippen LogP contribution in [0.25, 0.3) is 0 Å². The minimum atomic E-state index is -2.76. The second-order valence-electron chi connectivity index (χ2n) is 4.46. The van der Waals surface area contributed by atoms with E-state index in [0.717, 1.165) is 32.4 Å². The number of hydrogen-bond donors (Lipinski definition) is 1. The minimum Gasteiger partial charge on any atom is -0.385 e. The maximum absolute atomic E-state index is 11.4. The van der Waals surface area contributed by atoms with E-state index in [0.29, 0.717) is 23.5 Å². The normalized spacial score (nSPS) is 25.8. The summed E-state index contributed by atoms with van der Waals surface area (Å²) in [4.78, 5) is 0. The van der Waals surface area contributed by atoms with Crippen LogP contribution in [0.1, 0.15) is 26.2 Å². The standard InChI is InChI=1S/C11H23NO3S/c1-3-12-11(5-4-7-15-2)10-6-8-16(13,14)9-10/h10-12H,3-9H2,1-2H3. The van der Waals surface area contributed by atoms with E-state index in [9.17, 15) is 8.42 Å². The van der Waals surface area contributed by atoms with Crippen molar-refractivity contribution in [3.8, 4) is 0 Å². The van der Waals surface area contributed by atoms with Gasteiger partial charge in [0.15, 0.2) is 9.84 Å². The summed E-state index contributed by atoms with van der Waals surface area (Å²) in [5.74, 6) is 1.02. The highest BCUT2D eigenvalue weighted by Crippen LogP contribution is 2.24. The van der Waals surface area contributed by atoms with E-state index in [1.807, 2.05) is 0 Å². The summed E-state index contributed by atoms with van der Waals surface area (Å²) in [6.45, 7) is 3.71. The Balaban J connectivity index is 2.43. The summed E-state index contributed by atoms with van der Waals surface area (Å²) in [6.07, 6.45) is 2.81. The fourth-order valence-corrected chi connectivity index (χ4v) is 4.24. The number of sulfone groups is 1. The molecule has 5 heteroatoms. The van der Waals surface area contributed by atoms with Gasteiger partial charge in [-0.1, -0.05) is 6.92 Å². The van der Waals surface area contributed by atoms with Crippen molar-refractivity contribution in [2.24, 2.45) is 5.92 Å². The molecule has 1 heterocycles. The molecule has 16 heavy (non-hydrogen) atoms. The largest absolute Gasteiger partial charge is 0.385 e. The number of rotatable bonds is 7. The first-order valence-corrected chi connectivity index (χ1v) is 7.84. The smallest absolute Gasteiger partial charge is 0.150 e. The Bertz CT molecular complexity index is 290. The van der Waals surface area contributed by atoms with Crippen LogP contribution in [0.3, 0.4) is 0 Å². The zero-order chi connectivity index (χ0) is 12.0. The molecule has 0 aromatic heterocycles. The summed E-state index contributed by atoms with van der Waals surface area (Å²) >= 11 is 0. The first-order valence-electron chi connectivity index (χ1n) is 6.02. The average Bonchev–Trinajstić information content (AvgIpc) is 2.58. The van der Waals surface area contributed by atoms with Gasteiger partial charge in [0, 0.05) is 19.8 Å². The van der Waals surface area contributed by atoms with E-state index in [1.54, 1.807) is 7.11 Å². The molecular formula is C11H23NO3S. The highest BCUT2D eigenvalue weighted by Gasteiger charge is 2.32. The molecule has 4 nitrogen and oxygen atoms in total. The number of nitrogens with one attached hydrogen (secondary N) is 1. The third-order valence-electron chi connectivity index (χ3n) is 3.17. The molecule has 1 saturated heterocycles. The molecule has 0 radical (unpaired) electrons. The van der Waals surface area contributed by atoms with Crippen molar-refractivity contribution in [1.82, 2.24) is 5.32 Å². The lowest BCUT2D eigenvalue weighted by molar-refractivity contribution is 0.185. The van der Waals surface area contributed by atoms with Gasteiger partial charge in [0.1, 0.15) is 0 Å². The van der Waals surface area contributed by atoms with E-state index >= 15 is 0 Å². The van der Waals surface area contributed by atoms with Gasteiger partial charge in [0.25, 0.3) is 0 Å². The van der Waals surface area contributed by atoms with Crippen LogP contribution in [0.4, 0.5) is 0 Å². The molecular weight excluding hydrogens is 226 g/mol. The highest BCUT2D eigenvalue weighted by molar-refractivity contribution is 7.91. The van der Waals surface area contributed by atoms with Gasteiger partial charge in [-0.15, -0.1) is 0 Å². The Hall–Kier alpha value is -0.130. The van der Waals surface area contributed by atoms with Gasteiger partial charge in [0.05, 0.1) is 11.5 Å². The van der Waals surface area contributed by atoms with Crippen molar-refractivity contribution in [1.29, 1.82) is 0 Å². The molecule has 1 N–H and O–H groups in total. The summed E-state index contributed by atoms with van der Waals surface area (Å²) < 4.78 is 27.9. The fourth-order valence-electron chi connectivity index (χ4n) is 2.36. The SMILES string of the molecule is CCNC(CCCOC)C1CCS(=O)(=O)C1. The van der Waals surface area contributed by atoms with Crippen LogP contribution in [0.15, 0.2) is 0 Å². The van der Waals surface area contributed by atoms with Crippen LogP contribution < -0.4 is 5.32 Å². The van der Waals surface area contributed by atoms with Crippen LogP contribution in [0.2, 0.25) is 0 Å². The maximum atomic E-state index is 11.4. The van der Waals surface area contributed by atoms with Gasteiger partial charge in [-0.2, -0.15) is 0 Å². The third kappa shape index (κ3) is 4.39. The van der Waals surface area contributed by atoms with Crippen LogP contribution >= 0.6 is 0 Å². The maximum Gasteiger partial charge on any atom is 0.150 e. The predicted molar refractivity (Wildman–Crippen MR) is 65.3 cm³/mol. The van der Waals surface area contributed by atoms with Crippen LogP contribution in [-0.2, 0) is 14.6 Å². The topological polar surface area (TPSA) is 55.4 Å². The minimum absolute atomic E-state index is 0.293. The number of hydrogen-bond acceptors (Lipinski definition) is 4. The Morgan fingerprint density at radius 2 is 2.25 bits per heavy atom. The molecule has 0 aromatic rings. The Morgan fingerprint density at radius 3 is 2.75 bits per heavy atom. The highest BCUT2D eigenvalue weighted by atomic mass is 32.2. The summed E-state index contributed by atoms with van der Waals surface area (Å²) in [5.41, 5.74) is 0. The molecule has 0 bridgehead atoms. The second kappa shape index (κ2) is 6.57.